The monoisotopic (exact) mass is 350 g/mol. The van der Waals surface area contributed by atoms with Crippen molar-refractivity contribution in [3.8, 4) is 0 Å². The van der Waals surface area contributed by atoms with Crippen LogP contribution < -0.4 is 0 Å². The SMILES string of the molecule is COC(OC)[C@H]1[C@@H](CCOC(C)=O)C[C@@H](OCc2ccccc2)[C@@H]1C. The van der Waals surface area contributed by atoms with Crippen molar-refractivity contribution in [2.24, 2.45) is 17.8 Å². The number of hydrogen-bond donors (Lipinski definition) is 0. The molecule has 0 aliphatic heterocycles. The fourth-order valence-electron chi connectivity index (χ4n) is 3.89. The van der Waals surface area contributed by atoms with E-state index in [1.54, 1.807) is 14.2 Å². The van der Waals surface area contributed by atoms with E-state index in [9.17, 15) is 4.79 Å². The van der Waals surface area contributed by atoms with E-state index in [-0.39, 0.29) is 24.3 Å². The molecular weight excluding hydrogens is 320 g/mol. The Bertz CT molecular complexity index is 514. The van der Waals surface area contributed by atoms with Gasteiger partial charge >= 0.3 is 5.97 Å². The average molecular weight is 350 g/mol. The zero-order valence-corrected chi connectivity index (χ0v) is 15.6. The highest BCUT2D eigenvalue weighted by Gasteiger charge is 2.45. The van der Waals surface area contributed by atoms with Crippen LogP contribution in [0.1, 0.15) is 32.3 Å². The Morgan fingerprint density at radius 2 is 1.88 bits per heavy atom. The zero-order valence-electron chi connectivity index (χ0n) is 15.6. The van der Waals surface area contributed by atoms with Gasteiger partial charge in [0, 0.05) is 27.1 Å². The van der Waals surface area contributed by atoms with Crippen molar-refractivity contribution >= 4 is 5.97 Å². The van der Waals surface area contributed by atoms with Gasteiger partial charge in [-0.25, -0.2) is 0 Å². The first-order chi connectivity index (χ1) is 12.1. The van der Waals surface area contributed by atoms with E-state index in [1.165, 1.54) is 12.5 Å². The Morgan fingerprint density at radius 3 is 2.48 bits per heavy atom. The second-order valence-electron chi connectivity index (χ2n) is 6.74. The molecule has 1 fully saturated rings. The summed E-state index contributed by atoms with van der Waals surface area (Å²) in [7, 11) is 3.34. The highest BCUT2D eigenvalue weighted by atomic mass is 16.7. The molecule has 0 unspecified atom stereocenters. The summed E-state index contributed by atoms with van der Waals surface area (Å²) in [4.78, 5) is 11.0. The molecule has 0 amide bonds. The molecule has 1 aliphatic carbocycles. The lowest BCUT2D eigenvalue weighted by molar-refractivity contribution is -0.159. The standard InChI is InChI=1S/C20H30O5/c1-14-18(25-13-16-8-6-5-7-9-16)12-17(10-11-24-15(2)21)19(14)20(22-3)23-4/h5-9,14,17-20H,10-13H2,1-4H3/t14-,17-,18+,19+/m0/s1. The summed E-state index contributed by atoms with van der Waals surface area (Å²) in [6.07, 6.45) is 1.58. The highest BCUT2D eigenvalue weighted by Crippen LogP contribution is 2.43. The predicted molar refractivity (Wildman–Crippen MR) is 94.8 cm³/mol. The lowest BCUT2D eigenvalue weighted by atomic mass is 9.87. The zero-order chi connectivity index (χ0) is 18.2. The van der Waals surface area contributed by atoms with Crippen molar-refractivity contribution in [1.29, 1.82) is 0 Å². The van der Waals surface area contributed by atoms with E-state index in [4.69, 9.17) is 18.9 Å². The second kappa shape index (κ2) is 9.90. The van der Waals surface area contributed by atoms with Crippen molar-refractivity contribution in [3.63, 3.8) is 0 Å². The number of carbonyl (C=O) groups is 1. The Labute approximate surface area is 150 Å². The van der Waals surface area contributed by atoms with Gasteiger partial charge in [-0.05, 0) is 30.2 Å². The number of hydrogen-bond acceptors (Lipinski definition) is 5. The Balaban J connectivity index is 1.99. The highest BCUT2D eigenvalue weighted by molar-refractivity contribution is 5.65. The summed E-state index contributed by atoms with van der Waals surface area (Å²) in [6, 6.07) is 10.2. The van der Waals surface area contributed by atoms with Gasteiger partial charge in [-0.15, -0.1) is 0 Å². The fourth-order valence-corrected chi connectivity index (χ4v) is 3.89. The Morgan fingerprint density at radius 1 is 1.20 bits per heavy atom. The van der Waals surface area contributed by atoms with Gasteiger partial charge in [-0.3, -0.25) is 4.79 Å². The van der Waals surface area contributed by atoms with Crippen LogP contribution in [0.5, 0.6) is 0 Å². The van der Waals surface area contributed by atoms with Crippen LogP contribution in [0.15, 0.2) is 30.3 Å². The molecule has 1 aromatic carbocycles. The molecule has 0 spiro atoms. The summed E-state index contributed by atoms with van der Waals surface area (Å²) in [6.45, 7) is 4.66. The van der Waals surface area contributed by atoms with Gasteiger partial charge in [0.15, 0.2) is 6.29 Å². The predicted octanol–water partition coefficient (Wildman–Crippen LogP) is 3.42. The number of benzene rings is 1. The number of ether oxygens (including phenoxy) is 4. The molecule has 0 radical (unpaired) electrons. The fraction of sp³-hybridized carbons (Fsp3) is 0.650. The molecule has 140 valence electrons. The summed E-state index contributed by atoms with van der Waals surface area (Å²) in [5.74, 6) is 0.608. The molecule has 4 atom stereocenters. The van der Waals surface area contributed by atoms with Crippen LogP contribution in [-0.4, -0.2) is 39.2 Å². The molecule has 0 aromatic heterocycles. The lowest BCUT2D eigenvalue weighted by Crippen LogP contribution is -2.33. The van der Waals surface area contributed by atoms with Crippen LogP contribution >= 0.6 is 0 Å². The van der Waals surface area contributed by atoms with E-state index in [0.717, 1.165) is 12.8 Å². The van der Waals surface area contributed by atoms with Gasteiger partial charge in [-0.2, -0.15) is 0 Å². The largest absolute Gasteiger partial charge is 0.466 e. The molecule has 5 heteroatoms. The lowest BCUT2D eigenvalue weighted by Gasteiger charge is -2.29. The molecule has 25 heavy (non-hydrogen) atoms. The van der Waals surface area contributed by atoms with Gasteiger partial charge in [-0.1, -0.05) is 37.3 Å². The summed E-state index contributed by atoms with van der Waals surface area (Å²) in [5.41, 5.74) is 1.17. The van der Waals surface area contributed by atoms with Crippen molar-refractivity contribution in [2.45, 2.75) is 45.7 Å². The van der Waals surface area contributed by atoms with Gasteiger partial charge < -0.3 is 18.9 Å². The minimum atomic E-state index is -0.275. The Hall–Kier alpha value is -1.43. The van der Waals surface area contributed by atoms with Gasteiger partial charge in [0.1, 0.15) is 0 Å². The normalized spacial score (nSPS) is 26.1. The van der Waals surface area contributed by atoms with Crippen LogP contribution in [-0.2, 0) is 30.3 Å². The van der Waals surface area contributed by atoms with Crippen molar-refractivity contribution in [3.05, 3.63) is 35.9 Å². The first kappa shape index (κ1) is 19.9. The van der Waals surface area contributed by atoms with Crippen molar-refractivity contribution in [1.82, 2.24) is 0 Å². The number of esters is 1. The molecule has 1 aromatic rings. The molecule has 1 saturated carbocycles. The van der Waals surface area contributed by atoms with E-state index < -0.39 is 0 Å². The maximum Gasteiger partial charge on any atom is 0.302 e. The van der Waals surface area contributed by atoms with E-state index in [0.29, 0.717) is 25.0 Å². The van der Waals surface area contributed by atoms with E-state index in [1.807, 2.05) is 18.2 Å². The molecule has 0 saturated heterocycles. The summed E-state index contributed by atoms with van der Waals surface area (Å²) in [5, 5.41) is 0. The van der Waals surface area contributed by atoms with Crippen LogP contribution in [0.3, 0.4) is 0 Å². The van der Waals surface area contributed by atoms with Crippen LogP contribution in [0, 0.1) is 17.8 Å². The second-order valence-corrected chi connectivity index (χ2v) is 6.74. The maximum absolute atomic E-state index is 11.0. The van der Waals surface area contributed by atoms with Gasteiger partial charge in [0.05, 0.1) is 19.3 Å². The molecular formula is C20H30O5. The smallest absolute Gasteiger partial charge is 0.302 e. The molecule has 5 nitrogen and oxygen atoms in total. The molecule has 0 heterocycles. The van der Waals surface area contributed by atoms with Gasteiger partial charge in [0.25, 0.3) is 0 Å². The number of carbonyl (C=O) groups excluding carboxylic acids is 1. The quantitative estimate of drug-likeness (QED) is 0.504. The third-order valence-corrected chi connectivity index (χ3v) is 5.15. The van der Waals surface area contributed by atoms with Crippen molar-refractivity contribution < 1.29 is 23.7 Å². The molecule has 0 bridgehead atoms. The first-order valence-corrected chi connectivity index (χ1v) is 8.91. The molecule has 2 rings (SSSR count). The Kier molecular flexibility index (Phi) is 7.88. The van der Waals surface area contributed by atoms with Crippen LogP contribution in [0.4, 0.5) is 0 Å². The first-order valence-electron chi connectivity index (χ1n) is 8.91. The number of rotatable bonds is 9. The number of methoxy groups -OCH3 is 2. The van der Waals surface area contributed by atoms with E-state index >= 15 is 0 Å². The molecule has 0 N–H and O–H groups in total. The van der Waals surface area contributed by atoms with E-state index in [2.05, 4.69) is 19.1 Å². The van der Waals surface area contributed by atoms with Crippen LogP contribution in [0.2, 0.25) is 0 Å². The minimum absolute atomic E-state index is 0.139. The van der Waals surface area contributed by atoms with Crippen molar-refractivity contribution in [2.75, 3.05) is 20.8 Å². The van der Waals surface area contributed by atoms with Gasteiger partial charge in [0.2, 0.25) is 0 Å². The van der Waals surface area contributed by atoms with Crippen LogP contribution in [0.25, 0.3) is 0 Å². The molecule has 1 aliphatic rings. The third kappa shape index (κ3) is 5.53. The summed E-state index contributed by atoms with van der Waals surface area (Å²) >= 11 is 0. The summed E-state index contributed by atoms with van der Waals surface area (Å²) < 4.78 is 22.4. The maximum atomic E-state index is 11.0. The topological polar surface area (TPSA) is 54.0 Å². The third-order valence-electron chi connectivity index (χ3n) is 5.15. The average Bonchev–Trinajstić information content (AvgIpc) is 2.91. The minimum Gasteiger partial charge on any atom is -0.466 e.